The molecule has 338 valence electrons. The highest BCUT2D eigenvalue weighted by molar-refractivity contribution is 5.71. The van der Waals surface area contributed by atoms with Gasteiger partial charge in [-0.2, -0.15) is 0 Å². The third-order valence-corrected chi connectivity index (χ3v) is 11.5. The van der Waals surface area contributed by atoms with Crippen LogP contribution in [0.5, 0.6) is 0 Å². The molecule has 57 heavy (non-hydrogen) atoms. The van der Waals surface area contributed by atoms with Crippen LogP contribution in [-0.2, 0) is 28.6 Å². The maximum atomic E-state index is 12.8. The minimum Gasteiger partial charge on any atom is -0.462 e. The molecule has 0 bridgehead atoms. The second kappa shape index (κ2) is 44.0. The van der Waals surface area contributed by atoms with Crippen LogP contribution in [0.25, 0.3) is 0 Å². The molecule has 0 aromatic heterocycles. The van der Waals surface area contributed by atoms with Crippen molar-refractivity contribution in [2.75, 3.05) is 13.2 Å². The molecule has 0 unspecified atom stereocenters. The second-order valence-electron chi connectivity index (χ2n) is 18.4. The van der Waals surface area contributed by atoms with Crippen LogP contribution < -0.4 is 0 Å². The van der Waals surface area contributed by atoms with E-state index < -0.39 is 6.10 Å². The molecule has 0 heterocycles. The lowest BCUT2D eigenvalue weighted by molar-refractivity contribution is -0.167. The topological polar surface area (TPSA) is 78.9 Å². The molecule has 0 radical (unpaired) electrons. The molecule has 0 saturated heterocycles. The normalized spacial score (nSPS) is 12.1. The molecule has 0 aliphatic carbocycles. The molecule has 0 N–H and O–H groups in total. The summed E-state index contributed by atoms with van der Waals surface area (Å²) >= 11 is 0. The standard InChI is InChI=1S/C51H98O6/c1-6-7-8-9-10-11-17-21-26-31-36-41-49(52)55-44-48(45-56-50(53)42-37-32-28-23-25-30-35-40-47(4)5)57-51(54)43-38-33-27-22-19-16-14-12-13-15-18-20-24-29-34-39-46(2)3/h46-48H,6-45H2,1-5H3/t48-/m1/s1. The molecule has 0 aromatic carbocycles. The van der Waals surface area contributed by atoms with Crippen molar-refractivity contribution in [3.63, 3.8) is 0 Å². The highest BCUT2D eigenvalue weighted by Gasteiger charge is 2.19. The lowest BCUT2D eigenvalue weighted by Gasteiger charge is -2.18. The number of esters is 3. The molecule has 6 nitrogen and oxygen atoms in total. The van der Waals surface area contributed by atoms with E-state index in [1.807, 2.05) is 0 Å². The third-order valence-electron chi connectivity index (χ3n) is 11.5. The SMILES string of the molecule is CCCCCCCCCCCCCC(=O)OC[C@H](COC(=O)CCCCCCCCCC(C)C)OC(=O)CCCCCCCCCCCCCCCCCC(C)C. The minimum absolute atomic E-state index is 0.0643. The Morgan fingerprint density at radius 2 is 0.579 bits per heavy atom. The molecular weight excluding hydrogens is 709 g/mol. The highest BCUT2D eigenvalue weighted by atomic mass is 16.6. The van der Waals surface area contributed by atoms with Gasteiger partial charge in [0.15, 0.2) is 6.10 Å². The number of carbonyl (C=O) groups is 3. The monoisotopic (exact) mass is 807 g/mol. The Morgan fingerprint density at radius 3 is 0.860 bits per heavy atom. The van der Waals surface area contributed by atoms with Crippen LogP contribution in [0.1, 0.15) is 279 Å². The van der Waals surface area contributed by atoms with Gasteiger partial charge in [-0.25, -0.2) is 0 Å². The molecule has 1 atom stereocenters. The van der Waals surface area contributed by atoms with Gasteiger partial charge in [0, 0.05) is 19.3 Å². The van der Waals surface area contributed by atoms with Crippen molar-refractivity contribution >= 4 is 17.9 Å². The zero-order valence-electron chi connectivity index (χ0n) is 39.0. The van der Waals surface area contributed by atoms with Gasteiger partial charge in [0.2, 0.25) is 0 Å². The van der Waals surface area contributed by atoms with E-state index in [2.05, 4.69) is 34.6 Å². The van der Waals surface area contributed by atoms with Crippen molar-refractivity contribution in [1.82, 2.24) is 0 Å². The van der Waals surface area contributed by atoms with Gasteiger partial charge in [-0.05, 0) is 31.1 Å². The fourth-order valence-corrected chi connectivity index (χ4v) is 7.64. The van der Waals surface area contributed by atoms with Crippen LogP contribution in [-0.4, -0.2) is 37.2 Å². The molecule has 0 rings (SSSR count). The molecule has 0 amide bonds. The fourth-order valence-electron chi connectivity index (χ4n) is 7.64. The molecule has 0 saturated carbocycles. The maximum Gasteiger partial charge on any atom is 0.306 e. The summed E-state index contributed by atoms with van der Waals surface area (Å²) in [5.41, 5.74) is 0. The van der Waals surface area contributed by atoms with Gasteiger partial charge < -0.3 is 14.2 Å². The zero-order valence-corrected chi connectivity index (χ0v) is 39.0. The minimum atomic E-state index is -0.761. The largest absolute Gasteiger partial charge is 0.462 e. The van der Waals surface area contributed by atoms with Gasteiger partial charge in [0.25, 0.3) is 0 Å². The van der Waals surface area contributed by atoms with Crippen molar-refractivity contribution in [2.24, 2.45) is 11.8 Å². The van der Waals surface area contributed by atoms with Gasteiger partial charge in [-0.1, -0.05) is 240 Å². The van der Waals surface area contributed by atoms with Crippen LogP contribution in [0.4, 0.5) is 0 Å². The molecule has 0 aromatic rings. The van der Waals surface area contributed by atoms with Gasteiger partial charge in [0.1, 0.15) is 13.2 Å². The van der Waals surface area contributed by atoms with Crippen LogP contribution in [0.3, 0.4) is 0 Å². The van der Waals surface area contributed by atoms with Crippen molar-refractivity contribution < 1.29 is 28.6 Å². The molecule has 0 fully saturated rings. The first-order valence-corrected chi connectivity index (χ1v) is 25.2. The second-order valence-corrected chi connectivity index (χ2v) is 18.4. The highest BCUT2D eigenvalue weighted by Crippen LogP contribution is 2.17. The third kappa shape index (κ3) is 45.3. The fraction of sp³-hybridized carbons (Fsp3) is 0.941. The summed E-state index contributed by atoms with van der Waals surface area (Å²) in [6.07, 6.45) is 43.8. The van der Waals surface area contributed by atoms with Crippen molar-refractivity contribution in [2.45, 2.75) is 285 Å². The average Bonchev–Trinajstić information content (AvgIpc) is 3.18. The lowest BCUT2D eigenvalue weighted by Crippen LogP contribution is -2.30. The van der Waals surface area contributed by atoms with E-state index in [0.717, 1.165) is 69.6 Å². The summed E-state index contributed by atoms with van der Waals surface area (Å²) in [6, 6.07) is 0. The number of carbonyl (C=O) groups excluding carboxylic acids is 3. The Bertz CT molecular complexity index is 870. The first-order valence-electron chi connectivity index (χ1n) is 25.2. The van der Waals surface area contributed by atoms with Gasteiger partial charge >= 0.3 is 17.9 Å². The van der Waals surface area contributed by atoms with Crippen LogP contribution >= 0.6 is 0 Å². The number of hydrogen-bond donors (Lipinski definition) is 0. The summed E-state index contributed by atoms with van der Waals surface area (Å²) < 4.78 is 16.8. The zero-order chi connectivity index (χ0) is 41.9. The van der Waals surface area contributed by atoms with E-state index in [9.17, 15) is 14.4 Å². The van der Waals surface area contributed by atoms with Crippen molar-refractivity contribution in [1.29, 1.82) is 0 Å². The number of unbranched alkanes of at least 4 members (excludes halogenated alkanes) is 30. The first kappa shape index (κ1) is 55.4. The summed E-state index contributed by atoms with van der Waals surface area (Å²) in [5, 5.41) is 0. The number of hydrogen-bond acceptors (Lipinski definition) is 6. The molecular formula is C51H98O6. The van der Waals surface area contributed by atoms with E-state index in [1.54, 1.807) is 0 Å². The quantitative estimate of drug-likeness (QED) is 0.0346. The Labute approximate surface area is 355 Å². The summed E-state index contributed by atoms with van der Waals surface area (Å²) in [5.74, 6) is 0.776. The van der Waals surface area contributed by atoms with E-state index in [-0.39, 0.29) is 31.1 Å². The van der Waals surface area contributed by atoms with Gasteiger partial charge in [-0.3, -0.25) is 14.4 Å². The molecule has 0 aliphatic rings. The maximum absolute atomic E-state index is 12.8. The van der Waals surface area contributed by atoms with Crippen molar-refractivity contribution in [3.8, 4) is 0 Å². The van der Waals surface area contributed by atoms with Crippen LogP contribution in [0.2, 0.25) is 0 Å². The Kier molecular flexibility index (Phi) is 42.7. The van der Waals surface area contributed by atoms with E-state index in [1.165, 1.54) is 167 Å². The smallest absolute Gasteiger partial charge is 0.306 e. The van der Waals surface area contributed by atoms with Crippen molar-refractivity contribution in [3.05, 3.63) is 0 Å². The van der Waals surface area contributed by atoms with Gasteiger partial charge in [0.05, 0.1) is 0 Å². The summed E-state index contributed by atoms with van der Waals surface area (Å²) in [6.45, 7) is 11.3. The summed E-state index contributed by atoms with van der Waals surface area (Å²) in [4.78, 5) is 37.8. The number of ether oxygens (including phenoxy) is 3. The lowest BCUT2D eigenvalue weighted by atomic mass is 10.0. The van der Waals surface area contributed by atoms with Gasteiger partial charge in [-0.15, -0.1) is 0 Å². The first-order chi connectivity index (χ1) is 27.7. The Hall–Kier alpha value is -1.59. The predicted octanol–water partition coefficient (Wildman–Crippen LogP) is 16.1. The van der Waals surface area contributed by atoms with E-state index in [4.69, 9.17) is 14.2 Å². The van der Waals surface area contributed by atoms with E-state index in [0.29, 0.717) is 19.3 Å². The van der Waals surface area contributed by atoms with Crippen LogP contribution in [0, 0.1) is 11.8 Å². The molecule has 6 heteroatoms. The van der Waals surface area contributed by atoms with Crippen LogP contribution in [0.15, 0.2) is 0 Å². The molecule has 0 aliphatic heterocycles. The average molecular weight is 807 g/mol. The summed E-state index contributed by atoms with van der Waals surface area (Å²) in [7, 11) is 0. The Morgan fingerprint density at radius 1 is 0.333 bits per heavy atom. The predicted molar refractivity (Wildman–Crippen MR) is 243 cm³/mol. The number of rotatable bonds is 45. The molecule has 0 spiro atoms. The van der Waals surface area contributed by atoms with E-state index >= 15 is 0 Å². The Balaban J connectivity index is 4.26.